The first-order valence-corrected chi connectivity index (χ1v) is 4.49. The number of hydrazine groups is 1. The van der Waals surface area contributed by atoms with Crippen molar-refractivity contribution in [2.24, 2.45) is 5.84 Å². The maximum atomic E-state index is 5.74. The predicted octanol–water partition coefficient (Wildman–Crippen LogP) is 2.27. The summed E-state index contributed by atoms with van der Waals surface area (Å²) in [6.07, 6.45) is 1.02. The van der Waals surface area contributed by atoms with E-state index in [2.05, 4.69) is 18.4 Å². The first kappa shape index (κ1) is 9.36. The van der Waals surface area contributed by atoms with Gasteiger partial charge in [0.15, 0.2) is 0 Å². The zero-order chi connectivity index (χ0) is 8.97. The Hall–Kier alpha value is -0.730. The van der Waals surface area contributed by atoms with Crippen LogP contribution in [0.4, 0.5) is 5.69 Å². The largest absolute Gasteiger partial charge is 0.324 e. The van der Waals surface area contributed by atoms with Gasteiger partial charge in [-0.15, -0.1) is 11.6 Å². The van der Waals surface area contributed by atoms with Gasteiger partial charge in [0.05, 0.1) is 5.69 Å². The van der Waals surface area contributed by atoms with E-state index in [9.17, 15) is 0 Å². The van der Waals surface area contributed by atoms with Gasteiger partial charge in [0.2, 0.25) is 0 Å². The van der Waals surface area contributed by atoms with Crippen molar-refractivity contribution in [2.75, 3.05) is 5.43 Å². The zero-order valence-corrected chi connectivity index (χ0v) is 7.86. The Kier molecular flexibility index (Phi) is 3.38. The number of nitrogens with two attached hydrogens (primary N) is 1. The topological polar surface area (TPSA) is 38.0 Å². The molecule has 0 aliphatic carbocycles. The third-order valence-electron chi connectivity index (χ3n) is 1.88. The summed E-state index contributed by atoms with van der Waals surface area (Å²) in [7, 11) is 0. The van der Waals surface area contributed by atoms with Crippen molar-refractivity contribution in [1.82, 2.24) is 0 Å². The van der Waals surface area contributed by atoms with Crippen molar-refractivity contribution in [3.05, 3.63) is 29.3 Å². The lowest BCUT2D eigenvalue weighted by Crippen LogP contribution is -2.08. The van der Waals surface area contributed by atoms with E-state index >= 15 is 0 Å². The predicted molar refractivity (Wildman–Crippen MR) is 53.2 cm³/mol. The number of hydrogen-bond acceptors (Lipinski definition) is 2. The number of alkyl halides is 1. The molecule has 0 unspecified atom stereocenters. The molecular formula is C9H13ClN2. The van der Waals surface area contributed by atoms with Gasteiger partial charge in [-0.1, -0.05) is 19.1 Å². The summed E-state index contributed by atoms with van der Waals surface area (Å²) < 4.78 is 0. The standard InChI is InChI=1S/C9H13ClN2/c1-2-7-3-4-9(12-11)8(5-7)6-10/h3-5,12H,2,6,11H2,1H3. The molecule has 12 heavy (non-hydrogen) atoms. The Balaban J connectivity index is 3.02. The van der Waals surface area contributed by atoms with E-state index < -0.39 is 0 Å². The van der Waals surface area contributed by atoms with Crippen LogP contribution < -0.4 is 11.3 Å². The minimum atomic E-state index is 0.493. The second kappa shape index (κ2) is 4.33. The third kappa shape index (κ3) is 1.90. The van der Waals surface area contributed by atoms with Crippen LogP contribution in [0.1, 0.15) is 18.1 Å². The minimum Gasteiger partial charge on any atom is -0.324 e. The molecule has 0 aliphatic rings. The number of benzene rings is 1. The van der Waals surface area contributed by atoms with Crippen molar-refractivity contribution < 1.29 is 0 Å². The van der Waals surface area contributed by atoms with E-state index in [1.54, 1.807) is 0 Å². The molecule has 3 heteroatoms. The van der Waals surface area contributed by atoms with Crippen LogP contribution in [0, 0.1) is 0 Å². The molecule has 0 saturated carbocycles. The van der Waals surface area contributed by atoms with Crippen LogP contribution in [-0.2, 0) is 12.3 Å². The molecule has 0 atom stereocenters. The SMILES string of the molecule is CCc1ccc(NN)c(CCl)c1. The van der Waals surface area contributed by atoms with Gasteiger partial charge < -0.3 is 5.43 Å². The molecule has 1 rings (SSSR count). The van der Waals surface area contributed by atoms with Gasteiger partial charge in [0.25, 0.3) is 0 Å². The molecule has 3 N–H and O–H groups in total. The van der Waals surface area contributed by atoms with Crippen LogP contribution in [0.25, 0.3) is 0 Å². The zero-order valence-electron chi connectivity index (χ0n) is 7.10. The molecule has 0 aliphatic heterocycles. The van der Waals surface area contributed by atoms with E-state index in [0.717, 1.165) is 17.7 Å². The van der Waals surface area contributed by atoms with Crippen LogP contribution in [0.3, 0.4) is 0 Å². The van der Waals surface area contributed by atoms with Gasteiger partial charge in [-0.2, -0.15) is 0 Å². The molecule has 1 aromatic rings. The highest BCUT2D eigenvalue weighted by Gasteiger charge is 1.99. The van der Waals surface area contributed by atoms with E-state index in [4.69, 9.17) is 17.4 Å². The molecule has 0 bridgehead atoms. The fourth-order valence-electron chi connectivity index (χ4n) is 1.12. The Morgan fingerprint density at radius 2 is 2.25 bits per heavy atom. The lowest BCUT2D eigenvalue weighted by atomic mass is 10.1. The number of anilines is 1. The third-order valence-corrected chi connectivity index (χ3v) is 2.17. The van der Waals surface area contributed by atoms with Gasteiger partial charge in [-0.05, 0) is 23.6 Å². The average Bonchev–Trinajstić information content (AvgIpc) is 2.16. The summed E-state index contributed by atoms with van der Waals surface area (Å²) in [5, 5.41) is 0. The number of nitrogens with one attached hydrogen (secondary N) is 1. The maximum Gasteiger partial charge on any atom is 0.0529 e. The minimum absolute atomic E-state index is 0.493. The summed E-state index contributed by atoms with van der Waals surface area (Å²) >= 11 is 5.74. The van der Waals surface area contributed by atoms with E-state index in [-0.39, 0.29) is 0 Å². The van der Waals surface area contributed by atoms with Crippen molar-refractivity contribution >= 4 is 17.3 Å². The second-order valence-electron chi connectivity index (χ2n) is 2.62. The molecule has 0 aromatic heterocycles. The summed E-state index contributed by atoms with van der Waals surface area (Å²) in [5.74, 6) is 5.80. The molecule has 0 radical (unpaired) electrons. The van der Waals surface area contributed by atoms with Crippen molar-refractivity contribution in [2.45, 2.75) is 19.2 Å². The number of hydrogen-bond donors (Lipinski definition) is 2. The summed E-state index contributed by atoms with van der Waals surface area (Å²) in [6, 6.07) is 6.07. The summed E-state index contributed by atoms with van der Waals surface area (Å²) in [4.78, 5) is 0. The van der Waals surface area contributed by atoms with Gasteiger partial charge in [0, 0.05) is 5.88 Å². The second-order valence-corrected chi connectivity index (χ2v) is 2.89. The lowest BCUT2D eigenvalue weighted by Gasteiger charge is -2.07. The number of halogens is 1. The highest BCUT2D eigenvalue weighted by molar-refractivity contribution is 6.17. The Morgan fingerprint density at radius 1 is 1.50 bits per heavy atom. The molecule has 0 amide bonds. The van der Waals surface area contributed by atoms with Crippen LogP contribution in [0.5, 0.6) is 0 Å². The fourth-order valence-corrected chi connectivity index (χ4v) is 1.34. The van der Waals surface area contributed by atoms with Crippen molar-refractivity contribution in [1.29, 1.82) is 0 Å². The van der Waals surface area contributed by atoms with Crippen LogP contribution in [0.2, 0.25) is 0 Å². The van der Waals surface area contributed by atoms with Gasteiger partial charge in [0.1, 0.15) is 0 Å². The summed E-state index contributed by atoms with van der Waals surface area (Å²) in [6.45, 7) is 2.11. The smallest absolute Gasteiger partial charge is 0.0529 e. The van der Waals surface area contributed by atoms with E-state index in [1.165, 1.54) is 5.56 Å². The monoisotopic (exact) mass is 184 g/mol. The first-order chi connectivity index (χ1) is 5.81. The number of nitrogen functional groups attached to an aromatic ring is 1. The Labute approximate surface area is 77.7 Å². The molecule has 66 valence electrons. The Bertz CT molecular complexity index is 261. The van der Waals surface area contributed by atoms with Crippen LogP contribution in [0.15, 0.2) is 18.2 Å². The summed E-state index contributed by atoms with van der Waals surface area (Å²) in [5.41, 5.74) is 5.85. The molecule has 0 spiro atoms. The maximum absolute atomic E-state index is 5.74. The molecule has 0 fully saturated rings. The van der Waals surface area contributed by atoms with E-state index in [0.29, 0.717) is 5.88 Å². The highest BCUT2D eigenvalue weighted by atomic mass is 35.5. The van der Waals surface area contributed by atoms with Crippen LogP contribution >= 0.6 is 11.6 Å². The fraction of sp³-hybridized carbons (Fsp3) is 0.333. The Morgan fingerprint density at radius 3 is 2.75 bits per heavy atom. The first-order valence-electron chi connectivity index (χ1n) is 3.96. The highest BCUT2D eigenvalue weighted by Crippen LogP contribution is 2.18. The molecule has 2 nitrogen and oxygen atoms in total. The van der Waals surface area contributed by atoms with Gasteiger partial charge >= 0.3 is 0 Å². The van der Waals surface area contributed by atoms with Crippen molar-refractivity contribution in [3.8, 4) is 0 Å². The normalized spacial score (nSPS) is 9.92. The van der Waals surface area contributed by atoms with E-state index in [1.807, 2.05) is 12.1 Å². The van der Waals surface area contributed by atoms with Crippen LogP contribution in [-0.4, -0.2) is 0 Å². The molecule has 0 heterocycles. The van der Waals surface area contributed by atoms with Crippen molar-refractivity contribution in [3.63, 3.8) is 0 Å². The van der Waals surface area contributed by atoms with Gasteiger partial charge in [-0.3, -0.25) is 5.84 Å². The number of rotatable bonds is 3. The number of aryl methyl sites for hydroxylation is 1. The quantitative estimate of drug-likeness (QED) is 0.430. The average molecular weight is 185 g/mol. The lowest BCUT2D eigenvalue weighted by molar-refractivity contribution is 1.12. The van der Waals surface area contributed by atoms with Gasteiger partial charge in [-0.25, -0.2) is 0 Å². The molecular weight excluding hydrogens is 172 g/mol. The molecule has 0 saturated heterocycles. The molecule has 1 aromatic carbocycles.